The first-order valence-electron chi connectivity index (χ1n) is 7.31. The van der Waals surface area contributed by atoms with Crippen molar-refractivity contribution in [3.8, 4) is 0 Å². The highest BCUT2D eigenvalue weighted by Gasteiger charge is 2.22. The fourth-order valence-corrected chi connectivity index (χ4v) is 2.54. The van der Waals surface area contributed by atoms with Crippen LogP contribution < -0.4 is 5.32 Å². The molecule has 5 nitrogen and oxygen atoms in total. The topological polar surface area (TPSA) is 75.6 Å². The number of rotatable bonds is 6. The van der Waals surface area contributed by atoms with Crippen LogP contribution in [0.15, 0.2) is 30.3 Å². The maximum absolute atomic E-state index is 12.0. The number of carbonyl (C=O) groups is 2. The van der Waals surface area contributed by atoms with Crippen LogP contribution in [0.5, 0.6) is 0 Å². The van der Waals surface area contributed by atoms with E-state index in [1.165, 1.54) is 0 Å². The molecule has 1 aliphatic rings. The second-order valence-electron chi connectivity index (χ2n) is 5.34. The summed E-state index contributed by atoms with van der Waals surface area (Å²) in [6.07, 6.45) is 3.11. The van der Waals surface area contributed by atoms with Crippen molar-refractivity contribution >= 4 is 11.9 Å². The van der Waals surface area contributed by atoms with E-state index in [9.17, 15) is 14.7 Å². The van der Waals surface area contributed by atoms with Crippen LogP contribution in [0.4, 0.5) is 0 Å². The summed E-state index contributed by atoms with van der Waals surface area (Å²) < 4.78 is 5.28. The second-order valence-corrected chi connectivity index (χ2v) is 5.34. The first-order chi connectivity index (χ1) is 10.2. The number of amides is 1. The van der Waals surface area contributed by atoms with Gasteiger partial charge in [-0.1, -0.05) is 30.3 Å². The summed E-state index contributed by atoms with van der Waals surface area (Å²) >= 11 is 0. The van der Waals surface area contributed by atoms with Crippen LogP contribution in [0.3, 0.4) is 0 Å². The van der Waals surface area contributed by atoms with Crippen LogP contribution in [0.2, 0.25) is 0 Å². The fraction of sp³-hybridized carbons (Fsp3) is 0.500. The van der Waals surface area contributed by atoms with Crippen molar-refractivity contribution in [1.82, 2.24) is 5.32 Å². The van der Waals surface area contributed by atoms with Crippen molar-refractivity contribution in [3.05, 3.63) is 35.9 Å². The highest BCUT2D eigenvalue weighted by Crippen LogP contribution is 2.20. The standard InChI is InChI=1S/C16H21NO4/c18-14(7-6-12-8-10-21-11-9-12)17-15(16(19)20)13-4-2-1-3-5-13/h1-5,12,15H,6-11H2,(H,17,18)(H,19,20). The lowest BCUT2D eigenvalue weighted by Crippen LogP contribution is -2.34. The normalized spacial score (nSPS) is 17.1. The van der Waals surface area contributed by atoms with Crippen LogP contribution in [0.25, 0.3) is 0 Å². The van der Waals surface area contributed by atoms with Crippen molar-refractivity contribution in [1.29, 1.82) is 0 Å². The van der Waals surface area contributed by atoms with Gasteiger partial charge in [-0.05, 0) is 30.7 Å². The summed E-state index contributed by atoms with van der Waals surface area (Å²) in [4.78, 5) is 23.3. The molecule has 0 spiro atoms. The Morgan fingerprint density at radius 2 is 1.90 bits per heavy atom. The number of nitrogens with one attached hydrogen (secondary N) is 1. The molecule has 0 bridgehead atoms. The van der Waals surface area contributed by atoms with Crippen molar-refractivity contribution in [2.75, 3.05) is 13.2 Å². The highest BCUT2D eigenvalue weighted by molar-refractivity contribution is 5.84. The number of hydrogen-bond acceptors (Lipinski definition) is 3. The Balaban J connectivity index is 1.85. The Labute approximate surface area is 124 Å². The molecule has 2 N–H and O–H groups in total. The minimum absolute atomic E-state index is 0.210. The summed E-state index contributed by atoms with van der Waals surface area (Å²) in [5.74, 6) is -0.747. The van der Waals surface area contributed by atoms with E-state index in [1.54, 1.807) is 24.3 Å². The lowest BCUT2D eigenvalue weighted by Gasteiger charge is -2.22. The molecule has 5 heteroatoms. The fourth-order valence-electron chi connectivity index (χ4n) is 2.54. The average Bonchev–Trinajstić information content (AvgIpc) is 2.52. The molecule has 1 unspecified atom stereocenters. The molecule has 0 saturated carbocycles. The maximum Gasteiger partial charge on any atom is 0.330 e. The van der Waals surface area contributed by atoms with Crippen molar-refractivity contribution in [3.63, 3.8) is 0 Å². The monoisotopic (exact) mass is 291 g/mol. The molecule has 114 valence electrons. The van der Waals surface area contributed by atoms with Crippen LogP contribution in [0, 0.1) is 5.92 Å². The third-order valence-corrected chi connectivity index (χ3v) is 3.81. The van der Waals surface area contributed by atoms with Gasteiger partial charge in [0.25, 0.3) is 0 Å². The molecule has 0 aromatic heterocycles. The van der Waals surface area contributed by atoms with E-state index in [0.717, 1.165) is 32.5 Å². The first-order valence-corrected chi connectivity index (χ1v) is 7.31. The predicted octanol–water partition coefficient (Wildman–Crippen LogP) is 2.14. The smallest absolute Gasteiger partial charge is 0.330 e. The van der Waals surface area contributed by atoms with Gasteiger partial charge in [0.1, 0.15) is 0 Å². The Kier molecular flexibility index (Phi) is 5.75. The van der Waals surface area contributed by atoms with Crippen LogP contribution >= 0.6 is 0 Å². The average molecular weight is 291 g/mol. The molecule has 1 heterocycles. The molecule has 1 aromatic rings. The number of aliphatic carboxylic acids is 1. The van der Waals surface area contributed by atoms with Gasteiger partial charge in [0.05, 0.1) is 0 Å². The van der Waals surface area contributed by atoms with Gasteiger partial charge in [0.15, 0.2) is 6.04 Å². The molecule has 1 atom stereocenters. The molecular formula is C16H21NO4. The van der Waals surface area contributed by atoms with Gasteiger partial charge in [0.2, 0.25) is 5.91 Å². The number of ether oxygens (including phenoxy) is 1. The molecule has 0 aliphatic carbocycles. The summed E-state index contributed by atoms with van der Waals surface area (Å²) in [6, 6.07) is 7.78. The van der Waals surface area contributed by atoms with E-state index < -0.39 is 12.0 Å². The van der Waals surface area contributed by atoms with E-state index in [0.29, 0.717) is 17.9 Å². The molecule has 1 saturated heterocycles. The Hall–Kier alpha value is -1.88. The minimum Gasteiger partial charge on any atom is -0.479 e. The van der Waals surface area contributed by atoms with Gasteiger partial charge in [-0.3, -0.25) is 4.79 Å². The Bertz CT molecular complexity index is 468. The predicted molar refractivity (Wildman–Crippen MR) is 77.7 cm³/mol. The third kappa shape index (κ3) is 4.86. The highest BCUT2D eigenvalue weighted by atomic mass is 16.5. The summed E-state index contributed by atoms with van der Waals surface area (Å²) in [7, 11) is 0. The lowest BCUT2D eigenvalue weighted by molar-refractivity contribution is -0.142. The third-order valence-electron chi connectivity index (χ3n) is 3.81. The Morgan fingerprint density at radius 3 is 2.52 bits per heavy atom. The van der Waals surface area contributed by atoms with Gasteiger partial charge in [-0.25, -0.2) is 4.79 Å². The van der Waals surface area contributed by atoms with Gasteiger partial charge in [0, 0.05) is 19.6 Å². The van der Waals surface area contributed by atoms with Crippen LogP contribution in [-0.4, -0.2) is 30.2 Å². The first kappa shape index (κ1) is 15.5. The molecular weight excluding hydrogens is 270 g/mol. The SMILES string of the molecule is O=C(CCC1CCOCC1)NC(C(=O)O)c1ccccc1. The molecule has 1 amide bonds. The van der Waals surface area contributed by atoms with Crippen molar-refractivity contribution in [2.24, 2.45) is 5.92 Å². The van der Waals surface area contributed by atoms with Gasteiger partial charge < -0.3 is 15.2 Å². The number of carboxylic acids is 1. The number of benzene rings is 1. The van der Waals surface area contributed by atoms with E-state index in [2.05, 4.69) is 5.32 Å². The van der Waals surface area contributed by atoms with Crippen molar-refractivity contribution < 1.29 is 19.4 Å². The van der Waals surface area contributed by atoms with E-state index in [-0.39, 0.29) is 5.91 Å². The lowest BCUT2D eigenvalue weighted by atomic mass is 9.94. The van der Waals surface area contributed by atoms with E-state index >= 15 is 0 Å². The number of carbonyl (C=O) groups excluding carboxylic acids is 1. The zero-order valence-corrected chi connectivity index (χ0v) is 12.0. The molecule has 2 rings (SSSR count). The number of hydrogen-bond donors (Lipinski definition) is 2. The van der Waals surface area contributed by atoms with Crippen LogP contribution in [-0.2, 0) is 14.3 Å². The van der Waals surface area contributed by atoms with Crippen LogP contribution in [0.1, 0.15) is 37.3 Å². The zero-order valence-electron chi connectivity index (χ0n) is 12.0. The molecule has 1 aromatic carbocycles. The second kappa shape index (κ2) is 7.78. The van der Waals surface area contributed by atoms with Crippen molar-refractivity contribution in [2.45, 2.75) is 31.7 Å². The molecule has 1 aliphatic heterocycles. The quantitative estimate of drug-likeness (QED) is 0.842. The van der Waals surface area contributed by atoms with E-state index in [4.69, 9.17) is 4.74 Å². The van der Waals surface area contributed by atoms with E-state index in [1.807, 2.05) is 6.07 Å². The minimum atomic E-state index is -1.04. The maximum atomic E-state index is 12.0. The van der Waals surface area contributed by atoms with Gasteiger partial charge >= 0.3 is 5.97 Å². The largest absolute Gasteiger partial charge is 0.479 e. The number of carboxylic acid groups (broad SMARTS) is 1. The summed E-state index contributed by atoms with van der Waals surface area (Å²) in [6.45, 7) is 1.52. The molecule has 1 fully saturated rings. The molecule has 0 radical (unpaired) electrons. The zero-order chi connectivity index (χ0) is 15.1. The molecule has 21 heavy (non-hydrogen) atoms. The van der Waals surface area contributed by atoms with Gasteiger partial charge in [-0.15, -0.1) is 0 Å². The summed E-state index contributed by atoms with van der Waals surface area (Å²) in [5.41, 5.74) is 0.587. The summed E-state index contributed by atoms with van der Waals surface area (Å²) in [5, 5.41) is 11.9. The Morgan fingerprint density at radius 1 is 1.24 bits per heavy atom. The van der Waals surface area contributed by atoms with Gasteiger partial charge in [-0.2, -0.15) is 0 Å².